The standard InChI is InChI=1S/C15H15FN2O3S/c1-20-12-5-4-9(7-10(12)16)11-8-22-15(17-11)18-14(19)13-3-2-6-21-13/h4-5,7-8,13H,2-3,6H2,1H3,(H,17,18,19)/t13-/m0/s1. The molecule has 0 bridgehead atoms. The number of nitrogens with zero attached hydrogens (tertiary/aromatic N) is 1. The Morgan fingerprint density at radius 2 is 2.41 bits per heavy atom. The lowest BCUT2D eigenvalue weighted by Gasteiger charge is -2.07. The van der Waals surface area contributed by atoms with Crippen molar-refractivity contribution in [3.8, 4) is 17.0 Å². The summed E-state index contributed by atoms with van der Waals surface area (Å²) in [4.78, 5) is 16.3. The minimum atomic E-state index is -0.446. The summed E-state index contributed by atoms with van der Waals surface area (Å²) in [5.41, 5.74) is 1.24. The number of ether oxygens (including phenoxy) is 2. The highest BCUT2D eigenvalue weighted by molar-refractivity contribution is 7.14. The van der Waals surface area contributed by atoms with Crippen LogP contribution in [0.1, 0.15) is 12.8 Å². The normalized spacial score (nSPS) is 17.5. The van der Waals surface area contributed by atoms with Gasteiger partial charge in [-0.05, 0) is 31.0 Å². The summed E-state index contributed by atoms with van der Waals surface area (Å²) in [7, 11) is 1.42. The lowest BCUT2D eigenvalue weighted by Crippen LogP contribution is -2.26. The summed E-state index contributed by atoms with van der Waals surface area (Å²) in [5.74, 6) is -0.442. The van der Waals surface area contributed by atoms with Crippen molar-refractivity contribution in [2.75, 3.05) is 19.0 Å². The Bertz CT molecular complexity index is 683. The van der Waals surface area contributed by atoms with E-state index in [1.54, 1.807) is 17.5 Å². The lowest BCUT2D eigenvalue weighted by atomic mass is 10.1. The molecule has 0 aliphatic carbocycles. The molecule has 7 heteroatoms. The molecule has 1 fully saturated rings. The van der Waals surface area contributed by atoms with Crippen LogP contribution in [0.5, 0.6) is 5.75 Å². The van der Waals surface area contributed by atoms with Crippen LogP contribution in [-0.2, 0) is 9.53 Å². The van der Waals surface area contributed by atoms with Crippen molar-refractivity contribution in [3.63, 3.8) is 0 Å². The third kappa shape index (κ3) is 3.10. The minimum absolute atomic E-state index is 0.181. The largest absolute Gasteiger partial charge is 0.494 e. The van der Waals surface area contributed by atoms with Crippen LogP contribution in [0.4, 0.5) is 9.52 Å². The molecule has 1 aromatic heterocycles. The molecule has 2 aromatic rings. The highest BCUT2D eigenvalue weighted by Crippen LogP contribution is 2.28. The molecule has 1 amide bonds. The van der Waals surface area contributed by atoms with E-state index >= 15 is 0 Å². The van der Waals surface area contributed by atoms with Gasteiger partial charge >= 0.3 is 0 Å². The number of methoxy groups -OCH3 is 1. The summed E-state index contributed by atoms with van der Waals surface area (Å²) >= 11 is 1.30. The van der Waals surface area contributed by atoms with Crippen LogP contribution in [-0.4, -0.2) is 30.7 Å². The highest BCUT2D eigenvalue weighted by atomic mass is 32.1. The summed E-state index contributed by atoms with van der Waals surface area (Å²) in [6, 6.07) is 4.64. The zero-order valence-electron chi connectivity index (χ0n) is 12.0. The molecule has 0 spiro atoms. The van der Waals surface area contributed by atoms with E-state index in [1.165, 1.54) is 24.5 Å². The number of amides is 1. The minimum Gasteiger partial charge on any atom is -0.494 e. The number of benzene rings is 1. The number of anilines is 1. The number of thiazole rings is 1. The van der Waals surface area contributed by atoms with Crippen LogP contribution in [0.2, 0.25) is 0 Å². The SMILES string of the molecule is COc1ccc(-c2csc(NC(=O)[C@@H]3CCCO3)n2)cc1F. The maximum atomic E-state index is 13.7. The number of aromatic nitrogens is 1. The smallest absolute Gasteiger partial charge is 0.255 e. The van der Waals surface area contributed by atoms with E-state index in [2.05, 4.69) is 10.3 Å². The molecule has 1 aromatic carbocycles. The second-order valence-corrected chi connectivity index (χ2v) is 5.74. The topological polar surface area (TPSA) is 60.5 Å². The van der Waals surface area contributed by atoms with Gasteiger partial charge in [-0.2, -0.15) is 0 Å². The van der Waals surface area contributed by atoms with Crippen LogP contribution >= 0.6 is 11.3 Å². The Morgan fingerprint density at radius 3 is 3.09 bits per heavy atom. The number of hydrogen-bond donors (Lipinski definition) is 1. The molecule has 1 aliphatic rings. The fraction of sp³-hybridized carbons (Fsp3) is 0.333. The molecular weight excluding hydrogens is 307 g/mol. The van der Waals surface area contributed by atoms with Crippen molar-refractivity contribution < 1.29 is 18.7 Å². The van der Waals surface area contributed by atoms with E-state index in [9.17, 15) is 9.18 Å². The maximum Gasteiger partial charge on any atom is 0.255 e. The molecule has 116 valence electrons. The molecule has 1 atom stereocenters. The zero-order valence-corrected chi connectivity index (χ0v) is 12.8. The molecule has 1 saturated heterocycles. The van der Waals surface area contributed by atoms with Crippen LogP contribution in [0.3, 0.4) is 0 Å². The van der Waals surface area contributed by atoms with Gasteiger partial charge in [0.05, 0.1) is 12.8 Å². The van der Waals surface area contributed by atoms with Crippen LogP contribution in [0, 0.1) is 5.82 Å². The lowest BCUT2D eigenvalue weighted by molar-refractivity contribution is -0.124. The third-order valence-electron chi connectivity index (χ3n) is 3.40. The van der Waals surface area contributed by atoms with Crippen molar-refractivity contribution in [1.82, 2.24) is 4.98 Å². The number of rotatable bonds is 4. The quantitative estimate of drug-likeness (QED) is 0.940. The Hall–Kier alpha value is -1.99. The van der Waals surface area contributed by atoms with E-state index in [1.807, 2.05) is 0 Å². The molecule has 3 rings (SSSR count). The first kappa shape index (κ1) is 14.9. The number of carbonyl (C=O) groups is 1. The van der Waals surface area contributed by atoms with Gasteiger partial charge in [0.1, 0.15) is 6.10 Å². The van der Waals surface area contributed by atoms with Crippen molar-refractivity contribution in [2.24, 2.45) is 0 Å². The first-order valence-electron chi connectivity index (χ1n) is 6.89. The average Bonchev–Trinajstić information content (AvgIpc) is 3.18. The summed E-state index contributed by atoms with van der Waals surface area (Å²) in [6.45, 7) is 0.617. The Kier molecular flexibility index (Phi) is 4.35. The molecule has 0 unspecified atom stereocenters. The fourth-order valence-corrected chi connectivity index (χ4v) is 2.98. The van der Waals surface area contributed by atoms with E-state index in [0.29, 0.717) is 23.0 Å². The first-order valence-corrected chi connectivity index (χ1v) is 7.77. The van der Waals surface area contributed by atoms with Gasteiger partial charge in [-0.15, -0.1) is 11.3 Å². The van der Waals surface area contributed by atoms with Gasteiger partial charge in [0, 0.05) is 17.6 Å². The fourth-order valence-electron chi connectivity index (χ4n) is 2.26. The predicted molar refractivity (Wildman–Crippen MR) is 81.7 cm³/mol. The number of carbonyl (C=O) groups excluding carboxylic acids is 1. The van der Waals surface area contributed by atoms with Gasteiger partial charge in [-0.25, -0.2) is 9.37 Å². The van der Waals surface area contributed by atoms with Gasteiger partial charge in [0.25, 0.3) is 5.91 Å². The van der Waals surface area contributed by atoms with Gasteiger partial charge in [-0.1, -0.05) is 0 Å². The number of nitrogens with one attached hydrogen (secondary N) is 1. The summed E-state index contributed by atoms with van der Waals surface area (Å²) in [5, 5.41) is 4.98. The molecule has 0 radical (unpaired) electrons. The molecule has 1 N–H and O–H groups in total. The monoisotopic (exact) mass is 322 g/mol. The van der Waals surface area contributed by atoms with E-state index < -0.39 is 11.9 Å². The Labute approximate surface area is 131 Å². The zero-order chi connectivity index (χ0) is 15.5. The molecule has 2 heterocycles. The average molecular weight is 322 g/mol. The van der Waals surface area contributed by atoms with Crippen molar-refractivity contribution >= 4 is 22.4 Å². The van der Waals surface area contributed by atoms with Crippen LogP contribution < -0.4 is 10.1 Å². The van der Waals surface area contributed by atoms with Crippen LogP contribution in [0.25, 0.3) is 11.3 Å². The number of halogens is 1. The van der Waals surface area contributed by atoms with Gasteiger partial charge in [0.2, 0.25) is 0 Å². The van der Waals surface area contributed by atoms with Crippen molar-refractivity contribution in [3.05, 3.63) is 29.4 Å². The maximum absolute atomic E-state index is 13.7. The second-order valence-electron chi connectivity index (χ2n) is 4.88. The van der Waals surface area contributed by atoms with Gasteiger partial charge < -0.3 is 9.47 Å². The molecule has 0 saturated carbocycles. The Balaban J connectivity index is 1.73. The number of hydrogen-bond acceptors (Lipinski definition) is 5. The van der Waals surface area contributed by atoms with Crippen molar-refractivity contribution in [2.45, 2.75) is 18.9 Å². The summed E-state index contributed by atoms with van der Waals surface area (Å²) in [6.07, 6.45) is 1.23. The predicted octanol–water partition coefficient (Wildman–Crippen LogP) is 3.08. The molecular formula is C15H15FN2O3S. The third-order valence-corrected chi connectivity index (χ3v) is 4.16. The van der Waals surface area contributed by atoms with Gasteiger partial charge in [-0.3, -0.25) is 10.1 Å². The van der Waals surface area contributed by atoms with E-state index in [4.69, 9.17) is 9.47 Å². The summed E-state index contributed by atoms with van der Waals surface area (Å²) < 4.78 is 23.9. The molecule has 1 aliphatic heterocycles. The van der Waals surface area contributed by atoms with E-state index in [-0.39, 0.29) is 11.7 Å². The van der Waals surface area contributed by atoms with Gasteiger partial charge in [0.15, 0.2) is 16.7 Å². The Morgan fingerprint density at radius 1 is 1.55 bits per heavy atom. The highest BCUT2D eigenvalue weighted by Gasteiger charge is 2.24. The van der Waals surface area contributed by atoms with Crippen molar-refractivity contribution in [1.29, 1.82) is 0 Å². The second kappa shape index (κ2) is 6.41. The molecule has 22 heavy (non-hydrogen) atoms. The van der Waals surface area contributed by atoms with Crippen LogP contribution in [0.15, 0.2) is 23.6 Å². The van der Waals surface area contributed by atoms with E-state index in [0.717, 1.165) is 12.8 Å². The first-order chi connectivity index (χ1) is 10.7. The molecule has 5 nitrogen and oxygen atoms in total.